The molecule has 3 N–H and O–H groups in total. The van der Waals surface area contributed by atoms with Crippen LogP contribution in [0.4, 0.5) is 4.79 Å². The van der Waals surface area contributed by atoms with Gasteiger partial charge in [-0.05, 0) is 71.6 Å². The molecule has 1 heterocycles. The first-order valence-corrected chi connectivity index (χ1v) is 10.2. The molecular weight excluding hydrogens is 417 g/mol. The molecule has 1 aliphatic heterocycles. The Bertz CT molecular complexity index is 930. The monoisotopic (exact) mass is 447 g/mol. The van der Waals surface area contributed by atoms with Crippen LogP contribution in [-0.4, -0.2) is 58.7 Å². The summed E-state index contributed by atoms with van der Waals surface area (Å²) in [6.45, 7) is 12.7. The molecule has 0 bridgehead atoms. The van der Waals surface area contributed by atoms with Crippen LogP contribution >= 0.6 is 0 Å². The maximum absolute atomic E-state index is 12.2. The van der Waals surface area contributed by atoms with Crippen LogP contribution < -0.4 is 5.32 Å². The van der Waals surface area contributed by atoms with Crippen LogP contribution in [0.15, 0.2) is 23.7 Å². The number of carbonyl (C=O) groups excluding carboxylic acids is 1. The first kappa shape index (κ1) is 25.4. The number of ether oxygens (including phenoxy) is 1. The lowest BCUT2D eigenvalue weighted by molar-refractivity contribution is 0.00578. The van der Waals surface area contributed by atoms with Gasteiger partial charge in [0.25, 0.3) is 0 Å². The number of carboxylic acids is 2. The number of alkyl carbamates (subject to hydrolysis) is 1. The summed E-state index contributed by atoms with van der Waals surface area (Å²) >= 11 is 0. The van der Waals surface area contributed by atoms with Crippen molar-refractivity contribution in [1.29, 1.82) is 0 Å². The van der Waals surface area contributed by atoms with E-state index < -0.39 is 42.0 Å². The molecule has 0 unspecified atom stereocenters. The average Bonchev–Trinajstić information content (AvgIpc) is 2.84. The molecule has 32 heavy (non-hydrogen) atoms. The van der Waals surface area contributed by atoms with Gasteiger partial charge < -0.3 is 29.6 Å². The molecule has 174 valence electrons. The van der Waals surface area contributed by atoms with E-state index >= 15 is 0 Å². The van der Waals surface area contributed by atoms with Gasteiger partial charge in [0.05, 0.1) is 22.3 Å². The second kappa shape index (κ2) is 8.95. The summed E-state index contributed by atoms with van der Waals surface area (Å²) in [5.41, 5.74) is -1.67. The van der Waals surface area contributed by atoms with Crippen LogP contribution in [0.25, 0.3) is 6.08 Å². The summed E-state index contributed by atoms with van der Waals surface area (Å²) in [6.07, 6.45) is 0.869. The van der Waals surface area contributed by atoms with Crippen molar-refractivity contribution in [3.8, 4) is 0 Å². The van der Waals surface area contributed by atoms with Crippen molar-refractivity contribution >= 4 is 31.2 Å². The minimum atomic E-state index is -1.28. The Kier molecular flexibility index (Phi) is 7.11. The van der Waals surface area contributed by atoms with Crippen molar-refractivity contribution in [1.82, 2.24) is 5.32 Å². The second-order valence-electron chi connectivity index (χ2n) is 9.58. The van der Waals surface area contributed by atoms with E-state index in [9.17, 15) is 24.6 Å². The lowest BCUT2D eigenvalue weighted by atomic mass is 9.76. The van der Waals surface area contributed by atoms with Crippen molar-refractivity contribution in [3.63, 3.8) is 0 Å². The maximum atomic E-state index is 12.2. The zero-order valence-electron chi connectivity index (χ0n) is 19.4. The van der Waals surface area contributed by atoms with Crippen LogP contribution in [-0.2, 0) is 14.0 Å². The first-order chi connectivity index (χ1) is 14.5. The van der Waals surface area contributed by atoms with Gasteiger partial charge in [-0.15, -0.1) is 0 Å². The molecular formula is C22H30BNO8. The normalized spacial score (nSPS) is 17.7. The van der Waals surface area contributed by atoms with E-state index in [1.807, 2.05) is 27.7 Å². The van der Waals surface area contributed by atoms with Crippen LogP contribution in [0.2, 0.25) is 0 Å². The zero-order chi connectivity index (χ0) is 24.5. The average molecular weight is 447 g/mol. The number of carboxylic acid groups (broad SMARTS) is 2. The highest BCUT2D eigenvalue weighted by molar-refractivity contribution is 6.56. The van der Waals surface area contributed by atoms with Gasteiger partial charge in [-0.1, -0.05) is 12.1 Å². The molecule has 10 heteroatoms. The summed E-state index contributed by atoms with van der Waals surface area (Å²) in [4.78, 5) is 35.2. The number of aromatic carboxylic acids is 2. The lowest BCUT2D eigenvalue weighted by Gasteiger charge is -2.32. The molecule has 0 atom stereocenters. The SMILES string of the molecule is CC(C)(C)OC(=O)NCC(=Cc1ccc(C(=O)O)cc1C(=O)O)B1OC(C)(C)C(C)(C)O1. The molecule has 1 aromatic rings. The third-order valence-electron chi connectivity index (χ3n) is 5.26. The summed E-state index contributed by atoms with van der Waals surface area (Å²) in [5.74, 6) is -2.52. The Morgan fingerprint density at radius 1 is 1.06 bits per heavy atom. The maximum Gasteiger partial charge on any atom is 0.492 e. The van der Waals surface area contributed by atoms with Gasteiger partial charge in [0.2, 0.25) is 0 Å². The third-order valence-corrected chi connectivity index (χ3v) is 5.26. The minimum absolute atomic E-state index is 0.0362. The van der Waals surface area contributed by atoms with Crippen LogP contribution in [0.3, 0.4) is 0 Å². The molecule has 1 amide bonds. The number of nitrogens with one attached hydrogen (secondary N) is 1. The van der Waals surface area contributed by atoms with Gasteiger partial charge in [0.1, 0.15) is 5.60 Å². The van der Waals surface area contributed by atoms with E-state index in [1.165, 1.54) is 18.2 Å². The second-order valence-corrected chi connectivity index (χ2v) is 9.58. The first-order valence-electron chi connectivity index (χ1n) is 10.2. The molecule has 2 rings (SSSR count). The van der Waals surface area contributed by atoms with E-state index in [1.54, 1.807) is 20.8 Å². The Morgan fingerprint density at radius 3 is 2.09 bits per heavy atom. The van der Waals surface area contributed by atoms with Gasteiger partial charge in [-0.2, -0.15) is 0 Å². The van der Waals surface area contributed by atoms with Crippen molar-refractivity contribution in [2.75, 3.05) is 6.54 Å². The Hall–Kier alpha value is -2.85. The topological polar surface area (TPSA) is 131 Å². The predicted molar refractivity (Wildman–Crippen MR) is 119 cm³/mol. The fraction of sp³-hybridized carbons (Fsp3) is 0.500. The smallest absolute Gasteiger partial charge is 0.478 e. The highest BCUT2D eigenvalue weighted by Gasteiger charge is 2.52. The Labute approximate surface area is 187 Å². The molecule has 0 spiro atoms. The highest BCUT2D eigenvalue weighted by atomic mass is 16.7. The van der Waals surface area contributed by atoms with Crippen LogP contribution in [0.5, 0.6) is 0 Å². The molecule has 0 radical (unpaired) electrons. The van der Waals surface area contributed by atoms with Gasteiger partial charge >= 0.3 is 25.2 Å². The van der Waals surface area contributed by atoms with Crippen molar-refractivity contribution < 1.29 is 38.6 Å². The molecule has 0 saturated carbocycles. The minimum Gasteiger partial charge on any atom is -0.478 e. The van der Waals surface area contributed by atoms with Crippen molar-refractivity contribution in [2.24, 2.45) is 0 Å². The predicted octanol–water partition coefficient (Wildman–Crippen LogP) is 3.62. The Balaban J connectivity index is 2.45. The quantitative estimate of drug-likeness (QED) is 0.564. The molecule has 0 aliphatic carbocycles. The molecule has 1 aliphatic rings. The molecule has 1 fully saturated rings. The Morgan fingerprint density at radius 2 is 1.62 bits per heavy atom. The van der Waals surface area contributed by atoms with E-state index in [0.29, 0.717) is 5.47 Å². The molecule has 9 nitrogen and oxygen atoms in total. The number of hydrogen-bond donors (Lipinski definition) is 3. The van der Waals surface area contributed by atoms with E-state index in [4.69, 9.17) is 14.0 Å². The highest BCUT2D eigenvalue weighted by Crippen LogP contribution is 2.39. The third kappa shape index (κ3) is 6.11. The van der Waals surface area contributed by atoms with Crippen molar-refractivity contribution in [2.45, 2.75) is 65.3 Å². The fourth-order valence-corrected chi connectivity index (χ4v) is 2.89. The van der Waals surface area contributed by atoms with E-state index in [-0.39, 0.29) is 23.2 Å². The molecule has 1 saturated heterocycles. The zero-order valence-corrected chi connectivity index (χ0v) is 19.4. The van der Waals surface area contributed by atoms with Gasteiger partial charge in [-0.3, -0.25) is 0 Å². The van der Waals surface area contributed by atoms with Crippen molar-refractivity contribution in [3.05, 3.63) is 40.4 Å². The summed E-state index contributed by atoms with van der Waals surface area (Å²) in [5, 5.41) is 21.4. The number of benzene rings is 1. The van der Waals surface area contributed by atoms with Gasteiger partial charge in [-0.25, -0.2) is 14.4 Å². The lowest BCUT2D eigenvalue weighted by Crippen LogP contribution is -2.41. The number of carbonyl (C=O) groups is 3. The molecule has 0 aromatic heterocycles. The standard InChI is InChI=1S/C22H30BNO8/c1-20(2,3)30-19(29)24-12-15(23-31-21(4,5)22(6,7)32-23)10-13-8-9-14(17(25)26)11-16(13)18(27)28/h8-11H,12H2,1-7H3,(H,24,29)(H,25,26)(H,27,28). The largest absolute Gasteiger partial charge is 0.492 e. The number of rotatable bonds is 6. The van der Waals surface area contributed by atoms with Crippen LogP contribution in [0.1, 0.15) is 74.7 Å². The van der Waals surface area contributed by atoms with Gasteiger partial charge in [0, 0.05) is 6.54 Å². The number of amides is 1. The summed E-state index contributed by atoms with van der Waals surface area (Å²) < 4.78 is 17.4. The number of hydrogen-bond acceptors (Lipinski definition) is 6. The summed E-state index contributed by atoms with van der Waals surface area (Å²) in [7, 11) is -0.865. The fourth-order valence-electron chi connectivity index (χ4n) is 2.89. The molecule has 1 aromatic carbocycles. The van der Waals surface area contributed by atoms with E-state index in [2.05, 4.69) is 5.32 Å². The van der Waals surface area contributed by atoms with E-state index in [0.717, 1.165) is 6.07 Å². The van der Waals surface area contributed by atoms with Crippen LogP contribution in [0, 0.1) is 0 Å². The summed E-state index contributed by atoms with van der Waals surface area (Å²) in [6, 6.07) is 3.79. The van der Waals surface area contributed by atoms with Gasteiger partial charge in [0.15, 0.2) is 0 Å².